The number of rotatable bonds is 5. The highest BCUT2D eigenvalue weighted by Gasteiger charge is 2.23. The van der Waals surface area contributed by atoms with Crippen LogP contribution >= 0.6 is 0 Å². The van der Waals surface area contributed by atoms with Gasteiger partial charge in [-0.2, -0.15) is 5.26 Å². The maximum atomic E-state index is 13.7. The highest BCUT2D eigenvalue weighted by atomic mass is 16.5. The van der Waals surface area contributed by atoms with Crippen LogP contribution in [0.4, 0.5) is 0 Å². The van der Waals surface area contributed by atoms with Crippen LogP contribution in [0.25, 0.3) is 21.9 Å². The number of nitrogens with zero attached hydrogens (tertiary/aromatic N) is 2. The number of pyridine rings is 1. The van der Waals surface area contributed by atoms with E-state index in [1.165, 1.54) is 17.5 Å². The third-order valence-corrected chi connectivity index (χ3v) is 6.86. The predicted molar refractivity (Wildman–Crippen MR) is 135 cm³/mol. The number of nitriles is 1. The third-order valence-electron chi connectivity index (χ3n) is 6.86. The zero-order valence-corrected chi connectivity index (χ0v) is 19.3. The summed E-state index contributed by atoms with van der Waals surface area (Å²) in [6.07, 6.45) is 4.41. The number of hydrogen-bond acceptors (Lipinski definition) is 4. The molecule has 5 heteroatoms. The van der Waals surface area contributed by atoms with Gasteiger partial charge in [-0.05, 0) is 66.1 Å². The average Bonchev–Trinajstić information content (AvgIpc) is 2.89. The molecule has 2 N–H and O–H groups in total. The molecule has 4 aromatic rings. The van der Waals surface area contributed by atoms with Crippen molar-refractivity contribution in [1.29, 1.82) is 5.26 Å². The van der Waals surface area contributed by atoms with E-state index in [0.29, 0.717) is 22.2 Å². The molecule has 1 heterocycles. The van der Waals surface area contributed by atoms with Crippen molar-refractivity contribution in [2.75, 3.05) is 7.11 Å². The van der Waals surface area contributed by atoms with E-state index in [9.17, 15) is 10.1 Å². The van der Waals surface area contributed by atoms with Gasteiger partial charge in [-0.15, -0.1) is 0 Å². The van der Waals surface area contributed by atoms with E-state index in [1.807, 2.05) is 36.4 Å². The lowest BCUT2D eigenvalue weighted by atomic mass is 9.86. The predicted octanol–water partition coefficient (Wildman–Crippen LogP) is 5.13. The van der Waals surface area contributed by atoms with E-state index >= 15 is 0 Å². The number of aryl methyl sites for hydroxylation is 1. The number of benzene rings is 3. The first-order valence-electron chi connectivity index (χ1n) is 11.7. The van der Waals surface area contributed by atoms with Crippen LogP contribution in [0.3, 0.4) is 0 Å². The summed E-state index contributed by atoms with van der Waals surface area (Å²) in [7, 11) is 1.59. The number of nitrogens with two attached hydrogens (primary N) is 1. The van der Waals surface area contributed by atoms with Crippen molar-refractivity contribution >= 4 is 10.8 Å². The minimum atomic E-state index is -0.392. The summed E-state index contributed by atoms with van der Waals surface area (Å²) in [5.74, 6) is 0.637. The van der Waals surface area contributed by atoms with Gasteiger partial charge in [0.1, 0.15) is 17.5 Å². The Morgan fingerprint density at radius 1 is 1.03 bits per heavy atom. The fourth-order valence-corrected chi connectivity index (χ4v) is 5.19. The molecular weight excluding hydrogens is 422 g/mol. The van der Waals surface area contributed by atoms with Crippen molar-refractivity contribution < 1.29 is 4.74 Å². The van der Waals surface area contributed by atoms with Crippen LogP contribution in [0.1, 0.15) is 41.3 Å². The molecule has 0 saturated heterocycles. The van der Waals surface area contributed by atoms with E-state index in [2.05, 4.69) is 24.3 Å². The first kappa shape index (κ1) is 21.9. The standard InChI is InChI=1S/C29H27N3O2/c1-34-21-14-15-24-25(16-21)28(20-9-3-2-4-10-20)27(17-30)32(29(24)33)18-26(31)23-13-7-11-19-8-5-6-12-22(19)23/h2-4,7,9-11,13-16,26H,5-6,8,12,18,31H2,1H3. The van der Waals surface area contributed by atoms with E-state index in [0.717, 1.165) is 36.0 Å². The van der Waals surface area contributed by atoms with Gasteiger partial charge in [0, 0.05) is 28.9 Å². The minimum absolute atomic E-state index is 0.214. The maximum absolute atomic E-state index is 13.7. The Morgan fingerprint density at radius 2 is 1.82 bits per heavy atom. The molecule has 5 nitrogen and oxygen atoms in total. The van der Waals surface area contributed by atoms with Crippen molar-refractivity contribution in [3.8, 4) is 22.9 Å². The summed E-state index contributed by atoms with van der Waals surface area (Å²) in [5.41, 5.74) is 12.2. The second-order valence-corrected chi connectivity index (χ2v) is 8.83. The lowest BCUT2D eigenvalue weighted by molar-refractivity contribution is 0.415. The molecule has 1 atom stereocenters. The lowest BCUT2D eigenvalue weighted by Gasteiger charge is -2.24. The van der Waals surface area contributed by atoms with Gasteiger partial charge < -0.3 is 10.5 Å². The lowest BCUT2D eigenvalue weighted by Crippen LogP contribution is -2.30. The Labute approximate surface area is 199 Å². The molecule has 3 aromatic carbocycles. The van der Waals surface area contributed by atoms with Gasteiger partial charge in [-0.1, -0.05) is 48.5 Å². The Bertz CT molecular complexity index is 1470. The molecule has 1 aliphatic rings. The molecule has 1 aromatic heterocycles. The third kappa shape index (κ3) is 3.76. The van der Waals surface area contributed by atoms with Gasteiger partial charge in [-0.3, -0.25) is 9.36 Å². The van der Waals surface area contributed by atoms with Crippen LogP contribution in [0.15, 0.2) is 71.5 Å². The fourth-order valence-electron chi connectivity index (χ4n) is 5.19. The van der Waals surface area contributed by atoms with E-state index in [1.54, 1.807) is 23.8 Å². The van der Waals surface area contributed by atoms with Crippen LogP contribution in [0, 0.1) is 11.3 Å². The smallest absolute Gasteiger partial charge is 0.259 e. The molecule has 1 unspecified atom stereocenters. The molecule has 0 aliphatic heterocycles. The second-order valence-electron chi connectivity index (χ2n) is 8.83. The minimum Gasteiger partial charge on any atom is -0.497 e. The molecular formula is C29H27N3O2. The van der Waals surface area contributed by atoms with Crippen molar-refractivity contribution in [1.82, 2.24) is 4.57 Å². The zero-order valence-electron chi connectivity index (χ0n) is 19.3. The molecule has 0 radical (unpaired) electrons. The van der Waals surface area contributed by atoms with Crippen LogP contribution in [-0.2, 0) is 19.4 Å². The fraction of sp³-hybridized carbons (Fsp3) is 0.241. The molecule has 170 valence electrons. The summed E-state index contributed by atoms with van der Waals surface area (Å²) in [6.45, 7) is 0.236. The Balaban J connectivity index is 1.72. The average molecular weight is 450 g/mol. The van der Waals surface area contributed by atoms with Crippen molar-refractivity contribution in [2.45, 2.75) is 38.3 Å². The van der Waals surface area contributed by atoms with Gasteiger partial charge >= 0.3 is 0 Å². The monoisotopic (exact) mass is 449 g/mol. The molecule has 0 fully saturated rings. The molecule has 1 aliphatic carbocycles. The Morgan fingerprint density at radius 3 is 2.59 bits per heavy atom. The molecule has 5 rings (SSSR count). The molecule has 34 heavy (non-hydrogen) atoms. The van der Waals surface area contributed by atoms with Crippen LogP contribution in [-0.4, -0.2) is 11.7 Å². The summed E-state index contributed by atoms with van der Waals surface area (Å²) < 4.78 is 6.98. The summed E-state index contributed by atoms with van der Waals surface area (Å²) in [5, 5.41) is 11.5. The van der Waals surface area contributed by atoms with Gasteiger partial charge in [0.15, 0.2) is 0 Å². The van der Waals surface area contributed by atoms with Crippen LogP contribution < -0.4 is 16.0 Å². The van der Waals surface area contributed by atoms with Crippen LogP contribution in [0.5, 0.6) is 5.75 Å². The number of ether oxygens (including phenoxy) is 1. The SMILES string of the molecule is COc1ccc2c(=O)n(CC(N)c3cccc4c3CCCC4)c(C#N)c(-c3ccccc3)c2c1. The van der Waals surface area contributed by atoms with E-state index < -0.39 is 6.04 Å². The first-order chi connectivity index (χ1) is 16.6. The number of fused-ring (bicyclic) bond motifs is 2. The van der Waals surface area contributed by atoms with E-state index in [4.69, 9.17) is 10.5 Å². The summed E-state index contributed by atoms with van der Waals surface area (Å²) in [4.78, 5) is 13.7. The maximum Gasteiger partial charge on any atom is 0.259 e. The van der Waals surface area contributed by atoms with Gasteiger partial charge in [0.05, 0.1) is 7.11 Å². The van der Waals surface area contributed by atoms with Crippen molar-refractivity contribution in [3.05, 3.63) is 99.5 Å². The van der Waals surface area contributed by atoms with Gasteiger partial charge in [0.2, 0.25) is 0 Å². The molecule has 0 saturated carbocycles. The Hall–Kier alpha value is -3.88. The quantitative estimate of drug-likeness (QED) is 0.458. The number of aromatic nitrogens is 1. The Kier molecular flexibility index (Phi) is 5.91. The van der Waals surface area contributed by atoms with Crippen molar-refractivity contribution in [2.24, 2.45) is 5.73 Å². The number of methoxy groups -OCH3 is 1. The first-order valence-corrected chi connectivity index (χ1v) is 11.7. The molecule has 0 bridgehead atoms. The summed E-state index contributed by atoms with van der Waals surface area (Å²) in [6, 6.07) is 23.3. The van der Waals surface area contributed by atoms with E-state index in [-0.39, 0.29) is 12.1 Å². The molecule has 0 spiro atoms. The number of hydrogen-bond donors (Lipinski definition) is 1. The van der Waals surface area contributed by atoms with Crippen LogP contribution in [0.2, 0.25) is 0 Å². The van der Waals surface area contributed by atoms with Gasteiger partial charge in [-0.25, -0.2) is 0 Å². The van der Waals surface area contributed by atoms with Crippen molar-refractivity contribution in [3.63, 3.8) is 0 Å². The second kappa shape index (κ2) is 9.17. The zero-order chi connectivity index (χ0) is 23.7. The highest BCUT2D eigenvalue weighted by Crippen LogP contribution is 2.34. The molecule has 0 amide bonds. The topological polar surface area (TPSA) is 81.0 Å². The summed E-state index contributed by atoms with van der Waals surface area (Å²) >= 11 is 0. The largest absolute Gasteiger partial charge is 0.497 e. The normalized spacial score (nSPS) is 13.8. The highest BCUT2D eigenvalue weighted by molar-refractivity contribution is 5.99. The van der Waals surface area contributed by atoms with Gasteiger partial charge in [0.25, 0.3) is 5.56 Å².